The molecular formula is C12H15ClN2O4. The van der Waals surface area contributed by atoms with E-state index in [0.29, 0.717) is 5.69 Å². The lowest BCUT2D eigenvalue weighted by atomic mass is 10.2. The van der Waals surface area contributed by atoms with Crippen molar-refractivity contribution in [2.45, 2.75) is 13.0 Å². The highest BCUT2D eigenvalue weighted by Crippen LogP contribution is 2.23. The predicted octanol–water partition coefficient (Wildman–Crippen LogP) is 1.88. The maximum Gasteiger partial charge on any atom is 0.335 e. The molecular weight excluding hydrogens is 272 g/mol. The monoisotopic (exact) mass is 286 g/mol. The van der Waals surface area contributed by atoms with E-state index in [9.17, 15) is 9.59 Å². The molecule has 1 rings (SSSR count). The number of carboxylic acid groups (broad SMARTS) is 1. The first kappa shape index (κ1) is 15.3. The molecule has 0 aromatic heterocycles. The summed E-state index contributed by atoms with van der Waals surface area (Å²) >= 11 is 5.89. The fourth-order valence-corrected chi connectivity index (χ4v) is 1.50. The van der Waals surface area contributed by atoms with Crippen LogP contribution >= 0.6 is 11.6 Å². The van der Waals surface area contributed by atoms with Gasteiger partial charge in [-0.05, 0) is 25.1 Å². The summed E-state index contributed by atoms with van der Waals surface area (Å²) in [5.41, 5.74) is 0.355. The van der Waals surface area contributed by atoms with Crippen molar-refractivity contribution in [1.29, 1.82) is 0 Å². The summed E-state index contributed by atoms with van der Waals surface area (Å²) in [6, 6.07) is 3.25. The molecule has 0 radical (unpaired) electrons. The average Bonchev–Trinajstić information content (AvgIpc) is 2.38. The number of hydrogen-bond donors (Lipinski definition) is 3. The SMILES string of the molecule is CC(CO)N(C)C(=O)Nc1ccc(C(=O)O)cc1Cl. The molecule has 0 heterocycles. The van der Waals surface area contributed by atoms with Crippen molar-refractivity contribution in [3.63, 3.8) is 0 Å². The second kappa shape index (κ2) is 6.40. The second-order valence-corrected chi connectivity index (χ2v) is 4.48. The lowest BCUT2D eigenvalue weighted by Crippen LogP contribution is -2.40. The first-order valence-corrected chi connectivity index (χ1v) is 5.92. The lowest BCUT2D eigenvalue weighted by Gasteiger charge is -2.23. The van der Waals surface area contributed by atoms with E-state index in [1.54, 1.807) is 6.92 Å². The standard InChI is InChI=1S/C12H15ClN2O4/c1-7(6-16)15(2)12(19)14-10-4-3-8(11(17)18)5-9(10)13/h3-5,7,16H,6H2,1-2H3,(H,14,19)(H,17,18). The predicted molar refractivity (Wildman–Crippen MR) is 71.7 cm³/mol. The number of carboxylic acids is 1. The summed E-state index contributed by atoms with van der Waals surface area (Å²) in [6.45, 7) is 1.53. The third-order valence-electron chi connectivity index (χ3n) is 2.70. The highest BCUT2D eigenvalue weighted by atomic mass is 35.5. The normalized spacial score (nSPS) is 11.8. The largest absolute Gasteiger partial charge is 0.478 e. The number of hydrogen-bond acceptors (Lipinski definition) is 3. The van der Waals surface area contributed by atoms with Crippen LogP contribution in [-0.4, -0.2) is 46.8 Å². The first-order valence-electron chi connectivity index (χ1n) is 5.54. The summed E-state index contributed by atoms with van der Waals surface area (Å²) in [5, 5.41) is 20.4. The Bertz CT molecular complexity index is 493. The number of aliphatic hydroxyl groups is 1. The molecule has 1 aromatic carbocycles. The number of nitrogens with zero attached hydrogens (tertiary/aromatic N) is 1. The number of carbonyl (C=O) groups excluding carboxylic acids is 1. The van der Waals surface area contributed by atoms with Crippen molar-refractivity contribution in [3.8, 4) is 0 Å². The van der Waals surface area contributed by atoms with E-state index in [-0.39, 0.29) is 23.2 Å². The number of amides is 2. The Morgan fingerprint density at radius 2 is 2.11 bits per heavy atom. The van der Waals surface area contributed by atoms with Crippen molar-refractivity contribution in [2.24, 2.45) is 0 Å². The molecule has 0 saturated heterocycles. The van der Waals surface area contributed by atoms with Gasteiger partial charge in [-0.1, -0.05) is 11.6 Å². The lowest BCUT2D eigenvalue weighted by molar-refractivity contribution is 0.0697. The van der Waals surface area contributed by atoms with Gasteiger partial charge in [0.2, 0.25) is 0 Å². The van der Waals surface area contributed by atoms with Crippen LogP contribution < -0.4 is 5.32 Å². The smallest absolute Gasteiger partial charge is 0.335 e. The Morgan fingerprint density at radius 1 is 1.47 bits per heavy atom. The zero-order valence-corrected chi connectivity index (χ0v) is 11.3. The van der Waals surface area contributed by atoms with Gasteiger partial charge in [0, 0.05) is 7.05 Å². The van der Waals surface area contributed by atoms with Crippen LogP contribution in [0.3, 0.4) is 0 Å². The van der Waals surface area contributed by atoms with E-state index >= 15 is 0 Å². The van der Waals surface area contributed by atoms with E-state index < -0.39 is 12.0 Å². The van der Waals surface area contributed by atoms with Gasteiger partial charge in [-0.25, -0.2) is 9.59 Å². The van der Waals surface area contributed by atoms with Gasteiger partial charge in [0.05, 0.1) is 28.9 Å². The Kier molecular flexibility index (Phi) is 5.14. The van der Waals surface area contributed by atoms with Gasteiger partial charge in [0.1, 0.15) is 0 Å². The van der Waals surface area contributed by atoms with Crippen LogP contribution in [0.5, 0.6) is 0 Å². The number of urea groups is 1. The van der Waals surface area contributed by atoms with E-state index in [1.165, 1.54) is 30.1 Å². The van der Waals surface area contributed by atoms with Crippen LogP contribution in [0.25, 0.3) is 0 Å². The number of aromatic carboxylic acids is 1. The summed E-state index contributed by atoms with van der Waals surface area (Å²) in [6.07, 6.45) is 0. The van der Waals surface area contributed by atoms with Gasteiger partial charge < -0.3 is 20.4 Å². The molecule has 3 N–H and O–H groups in total. The molecule has 0 saturated carbocycles. The van der Waals surface area contributed by atoms with Crippen molar-refractivity contribution < 1.29 is 19.8 Å². The third-order valence-corrected chi connectivity index (χ3v) is 3.02. The molecule has 104 valence electrons. The molecule has 0 bridgehead atoms. The number of halogens is 1. The van der Waals surface area contributed by atoms with Crippen molar-refractivity contribution in [1.82, 2.24) is 4.90 Å². The number of aliphatic hydroxyl groups excluding tert-OH is 1. The van der Waals surface area contributed by atoms with E-state index in [0.717, 1.165) is 0 Å². The number of carbonyl (C=O) groups is 2. The number of benzene rings is 1. The molecule has 2 amide bonds. The molecule has 7 heteroatoms. The van der Waals surface area contributed by atoms with Gasteiger partial charge in [0.25, 0.3) is 0 Å². The number of nitrogens with one attached hydrogen (secondary N) is 1. The number of anilines is 1. The van der Waals surface area contributed by atoms with Gasteiger partial charge in [-0.3, -0.25) is 0 Å². The molecule has 19 heavy (non-hydrogen) atoms. The molecule has 1 atom stereocenters. The van der Waals surface area contributed by atoms with Crippen LogP contribution in [0.15, 0.2) is 18.2 Å². The average molecular weight is 287 g/mol. The summed E-state index contributed by atoms with van der Waals surface area (Å²) in [5.74, 6) is -1.09. The number of rotatable bonds is 4. The molecule has 6 nitrogen and oxygen atoms in total. The minimum atomic E-state index is -1.09. The van der Waals surface area contributed by atoms with E-state index in [2.05, 4.69) is 5.32 Å². The Balaban J connectivity index is 2.83. The highest BCUT2D eigenvalue weighted by molar-refractivity contribution is 6.34. The van der Waals surface area contributed by atoms with Crippen LogP contribution in [0, 0.1) is 0 Å². The third kappa shape index (κ3) is 3.84. The minimum Gasteiger partial charge on any atom is -0.478 e. The molecule has 0 aliphatic heterocycles. The van der Waals surface area contributed by atoms with Gasteiger partial charge in [-0.2, -0.15) is 0 Å². The zero-order chi connectivity index (χ0) is 14.6. The minimum absolute atomic E-state index is 0.0417. The zero-order valence-electron chi connectivity index (χ0n) is 10.6. The summed E-state index contributed by atoms with van der Waals surface area (Å²) in [4.78, 5) is 23.9. The van der Waals surface area contributed by atoms with Crippen molar-refractivity contribution in [3.05, 3.63) is 28.8 Å². The maximum atomic E-state index is 11.8. The molecule has 0 aliphatic rings. The van der Waals surface area contributed by atoms with Crippen molar-refractivity contribution >= 4 is 29.3 Å². The molecule has 1 aromatic rings. The Hall–Kier alpha value is -1.79. The second-order valence-electron chi connectivity index (χ2n) is 4.07. The Labute approximate surface area is 115 Å². The van der Waals surface area contributed by atoms with Crippen molar-refractivity contribution in [2.75, 3.05) is 19.0 Å². The van der Waals surface area contributed by atoms with Gasteiger partial charge in [0.15, 0.2) is 0 Å². The fraction of sp³-hybridized carbons (Fsp3) is 0.333. The number of likely N-dealkylation sites (N-methyl/N-ethyl adjacent to an activating group) is 1. The molecule has 0 fully saturated rings. The van der Waals surface area contributed by atoms with Crippen LogP contribution in [0.2, 0.25) is 5.02 Å². The first-order chi connectivity index (χ1) is 8.86. The van der Waals surface area contributed by atoms with Gasteiger partial charge >= 0.3 is 12.0 Å². The van der Waals surface area contributed by atoms with E-state index in [1.807, 2.05) is 0 Å². The molecule has 0 aliphatic carbocycles. The van der Waals surface area contributed by atoms with Crippen LogP contribution in [-0.2, 0) is 0 Å². The van der Waals surface area contributed by atoms with E-state index in [4.69, 9.17) is 21.8 Å². The quantitative estimate of drug-likeness (QED) is 0.788. The molecule has 0 spiro atoms. The topological polar surface area (TPSA) is 89.9 Å². The maximum absolute atomic E-state index is 11.8. The Morgan fingerprint density at radius 3 is 2.58 bits per heavy atom. The highest BCUT2D eigenvalue weighted by Gasteiger charge is 2.16. The van der Waals surface area contributed by atoms with Crippen LogP contribution in [0.4, 0.5) is 10.5 Å². The fourth-order valence-electron chi connectivity index (χ4n) is 1.28. The van der Waals surface area contributed by atoms with Gasteiger partial charge in [-0.15, -0.1) is 0 Å². The van der Waals surface area contributed by atoms with Crippen LogP contribution in [0.1, 0.15) is 17.3 Å². The summed E-state index contributed by atoms with van der Waals surface area (Å²) in [7, 11) is 1.54. The summed E-state index contributed by atoms with van der Waals surface area (Å²) < 4.78 is 0. The molecule has 1 unspecified atom stereocenters.